The Labute approximate surface area is 56.8 Å². The fourth-order valence-corrected chi connectivity index (χ4v) is 0.642. The van der Waals surface area contributed by atoms with E-state index in [0.29, 0.717) is 0 Å². The van der Waals surface area contributed by atoms with Crippen molar-refractivity contribution in [1.82, 2.24) is 5.48 Å². The number of ether oxygens (including phenoxy) is 1. The molecule has 0 amide bonds. The molecule has 0 aromatic carbocycles. The van der Waals surface area contributed by atoms with Crippen molar-refractivity contribution in [3.05, 3.63) is 0 Å². The van der Waals surface area contributed by atoms with E-state index in [-0.39, 0.29) is 6.02 Å². The molecule has 0 saturated heterocycles. The van der Waals surface area contributed by atoms with Gasteiger partial charge in [0.1, 0.15) is 0 Å². The highest BCUT2D eigenvalue weighted by Gasteiger charge is 2.20. The Kier molecular flexibility index (Phi) is 1.64. The summed E-state index contributed by atoms with van der Waals surface area (Å²) in [6, 6.07) is -0.158. The lowest BCUT2D eigenvalue weighted by molar-refractivity contribution is 0.133. The summed E-state index contributed by atoms with van der Waals surface area (Å²) in [5, 5.41) is 2.97. The Bertz CT molecular complexity index is 242. The van der Waals surface area contributed by atoms with Gasteiger partial charge < -0.3 is 4.74 Å². The summed E-state index contributed by atoms with van der Waals surface area (Å²) in [5.41, 5.74) is 1.87. The SMILES string of the molecule is COC1=NOS(=O)(=O)ON1. The molecule has 0 aliphatic carbocycles. The number of rotatable bonds is 0. The van der Waals surface area contributed by atoms with Gasteiger partial charge in [0.25, 0.3) is 0 Å². The summed E-state index contributed by atoms with van der Waals surface area (Å²) in [6.07, 6.45) is 0. The molecule has 0 unspecified atom stereocenters. The maximum atomic E-state index is 10.2. The number of nitrogens with one attached hydrogen (secondary N) is 1. The van der Waals surface area contributed by atoms with Gasteiger partial charge in [0.15, 0.2) is 0 Å². The highest BCUT2D eigenvalue weighted by Crippen LogP contribution is 1.99. The molecule has 7 nitrogen and oxygen atoms in total. The van der Waals surface area contributed by atoms with Crippen LogP contribution in [0.4, 0.5) is 0 Å². The van der Waals surface area contributed by atoms with Crippen molar-refractivity contribution in [2.75, 3.05) is 7.11 Å². The van der Waals surface area contributed by atoms with Gasteiger partial charge in [-0.2, -0.15) is 13.9 Å². The van der Waals surface area contributed by atoms with Crippen molar-refractivity contribution in [2.24, 2.45) is 5.16 Å². The van der Waals surface area contributed by atoms with Crippen LogP contribution in [0.1, 0.15) is 0 Å². The molecular weight excluding hydrogens is 164 g/mol. The summed E-state index contributed by atoms with van der Waals surface area (Å²) in [5.74, 6) is 0. The van der Waals surface area contributed by atoms with Gasteiger partial charge in [-0.15, -0.1) is 4.28 Å². The topological polar surface area (TPSA) is 86.2 Å². The highest BCUT2D eigenvalue weighted by molar-refractivity contribution is 7.81. The number of oxime groups is 1. The zero-order valence-electron chi connectivity index (χ0n) is 4.90. The zero-order valence-corrected chi connectivity index (χ0v) is 5.71. The molecule has 0 bridgehead atoms. The average Bonchev–Trinajstić information content (AvgIpc) is 1.88. The molecule has 10 heavy (non-hydrogen) atoms. The Morgan fingerprint density at radius 2 is 2.40 bits per heavy atom. The first kappa shape index (κ1) is 7.09. The van der Waals surface area contributed by atoms with Gasteiger partial charge in [0.2, 0.25) is 0 Å². The Hall–Kier alpha value is -1.02. The second kappa shape index (κ2) is 2.31. The smallest absolute Gasteiger partial charge is 0.465 e. The van der Waals surface area contributed by atoms with Gasteiger partial charge in [-0.3, -0.25) is 0 Å². The van der Waals surface area contributed by atoms with Crippen molar-refractivity contribution >= 4 is 16.4 Å². The van der Waals surface area contributed by atoms with Crippen molar-refractivity contribution in [3.63, 3.8) is 0 Å². The number of hydrogen-bond donors (Lipinski definition) is 1. The molecular formula is C2H4N2O5S. The van der Waals surface area contributed by atoms with Crippen molar-refractivity contribution < 1.29 is 21.7 Å². The first-order valence-electron chi connectivity index (χ1n) is 2.14. The molecule has 0 fully saturated rings. The summed E-state index contributed by atoms with van der Waals surface area (Å²) in [4.78, 5) is 0. The number of methoxy groups -OCH3 is 1. The van der Waals surface area contributed by atoms with Crippen molar-refractivity contribution in [3.8, 4) is 0 Å². The molecule has 1 aliphatic heterocycles. The van der Waals surface area contributed by atoms with Crippen molar-refractivity contribution in [1.29, 1.82) is 0 Å². The van der Waals surface area contributed by atoms with E-state index in [0.717, 1.165) is 0 Å². The third-order valence-corrected chi connectivity index (χ3v) is 1.18. The third kappa shape index (κ3) is 1.48. The number of hydrogen-bond acceptors (Lipinski definition) is 7. The predicted molar refractivity (Wildman–Crippen MR) is 28.7 cm³/mol. The Morgan fingerprint density at radius 1 is 1.70 bits per heavy atom. The van der Waals surface area contributed by atoms with Crippen LogP contribution in [0.25, 0.3) is 0 Å². The van der Waals surface area contributed by atoms with Crippen LogP contribution in [0, 0.1) is 0 Å². The van der Waals surface area contributed by atoms with Crippen LogP contribution >= 0.6 is 0 Å². The number of hydroxylamine groups is 1. The lowest BCUT2D eigenvalue weighted by atomic mass is 11.2. The van der Waals surface area contributed by atoms with Crippen molar-refractivity contribution in [2.45, 2.75) is 0 Å². The van der Waals surface area contributed by atoms with Crippen LogP contribution in [0.3, 0.4) is 0 Å². The number of nitrogens with zero attached hydrogens (tertiary/aromatic N) is 1. The molecule has 1 rings (SSSR count). The second-order valence-corrected chi connectivity index (χ2v) is 2.40. The molecule has 1 aliphatic rings. The van der Waals surface area contributed by atoms with E-state index in [1.54, 1.807) is 0 Å². The van der Waals surface area contributed by atoms with E-state index in [4.69, 9.17) is 0 Å². The minimum absolute atomic E-state index is 0.158. The van der Waals surface area contributed by atoms with E-state index < -0.39 is 10.4 Å². The minimum atomic E-state index is -4.00. The first-order chi connectivity index (χ1) is 4.64. The summed E-state index contributed by atoms with van der Waals surface area (Å²) >= 11 is 0. The van der Waals surface area contributed by atoms with E-state index >= 15 is 0 Å². The quantitative estimate of drug-likeness (QED) is 0.483. The maximum Gasteiger partial charge on any atom is 0.491 e. The monoisotopic (exact) mass is 168 g/mol. The zero-order chi connectivity index (χ0) is 7.61. The fraction of sp³-hybridized carbons (Fsp3) is 0.500. The van der Waals surface area contributed by atoms with Gasteiger partial charge in [-0.25, -0.2) is 4.28 Å². The molecule has 8 heteroatoms. The van der Waals surface area contributed by atoms with Crippen LogP contribution in [-0.2, 0) is 23.7 Å². The summed E-state index contributed by atoms with van der Waals surface area (Å²) in [7, 11) is -2.73. The minimum Gasteiger partial charge on any atom is -0.465 e. The van der Waals surface area contributed by atoms with E-state index in [2.05, 4.69) is 18.5 Å². The van der Waals surface area contributed by atoms with Crippen LogP contribution in [-0.4, -0.2) is 21.5 Å². The van der Waals surface area contributed by atoms with Crippen LogP contribution in [0.5, 0.6) is 0 Å². The van der Waals surface area contributed by atoms with Gasteiger partial charge >= 0.3 is 16.4 Å². The normalized spacial score (nSPS) is 21.9. The van der Waals surface area contributed by atoms with E-state index in [1.165, 1.54) is 7.11 Å². The molecule has 0 atom stereocenters. The summed E-state index contributed by atoms with van der Waals surface area (Å²) < 4.78 is 32.6. The lowest BCUT2D eigenvalue weighted by Gasteiger charge is -2.10. The molecule has 1 N–H and O–H groups in total. The van der Waals surface area contributed by atoms with E-state index in [9.17, 15) is 8.42 Å². The van der Waals surface area contributed by atoms with Gasteiger partial charge in [0, 0.05) is 0 Å². The molecule has 0 aromatic heterocycles. The van der Waals surface area contributed by atoms with Crippen LogP contribution in [0.2, 0.25) is 0 Å². The van der Waals surface area contributed by atoms with Gasteiger partial charge in [-0.05, 0) is 5.16 Å². The first-order valence-corrected chi connectivity index (χ1v) is 3.47. The molecule has 0 saturated carbocycles. The average molecular weight is 168 g/mol. The molecule has 0 aromatic rings. The number of amidine groups is 1. The highest BCUT2D eigenvalue weighted by atomic mass is 32.3. The predicted octanol–water partition coefficient (Wildman–Crippen LogP) is -1.30. The molecule has 0 spiro atoms. The third-order valence-electron chi connectivity index (χ3n) is 0.636. The largest absolute Gasteiger partial charge is 0.491 e. The van der Waals surface area contributed by atoms with E-state index in [1.807, 2.05) is 5.48 Å². The maximum absolute atomic E-state index is 10.2. The second-order valence-electron chi connectivity index (χ2n) is 1.27. The summed E-state index contributed by atoms with van der Waals surface area (Å²) in [6.45, 7) is 0. The molecule has 58 valence electrons. The molecule has 0 radical (unpaired) electrons. The Morgan fingerprint density at radius 3 is 2.80 bits per heavy atom. The van der Waals surface area contributed by atoms with Gasteiger partial charge in [0.05, 0.1) is 7.11 Å². The fourth-order valence-electron chi connectivity index (χ4n) is 0.279. The lowest BCUT2D eigenvalue weighted by Crippen LogP contribution is -2.33. The Balaban J connectivity index is 2.70. The van der Waals surface area contributed by atoms with Crippen LogP contribution < -0.4 is 5.48 Å². The van der Waals surface area contributed by atoms with Gasteiger partial charge in [-0.1, -0.05) is 0 Å². The standard InChI is InChI=1S/C2H4N2O5S/c1-7-2-3-8-10(5,6)9-4-2/h1H3,(H,3,4). The van der Waals surface area contributed by atoms with Crippen LogP contribution in [0.15, 0.2) is 5.16 Å². The molecule has 1 heterocycles.